The lowest BCUT2D eigenvalue weighted by atomic mass is 10.0. The van der Waals surface area contributed by atoms with Gasteiger partial charge in [0.25, 0.3) is 0 Å². The smallest absolute Gasteiger partial charge is 0.151 e. The summed E-state index contributed by atoms with van der Waals surface area (Å²) in [5, 5.41) is 0. The third kappa shape index (κ3) is 1.88. The van der Waals surface area contributed by atoms with Gasteiger partial charge < -0.3 is 5.73 Å². The minimum atomic E-state index is 0.446. The van der Waals surface area contributed by atoms with Crippen LogP contribution in [-0.2, 0) is 6.54 Å². The number of hydrogen-bond donors (Lipinski definition) is 1. The van der Waals surface area contributed by atoms with Crippen LogP contribution in [-0.4, -0.2) is 17.2 Å². The highest BCUT2D eigenvalue weighted by atomic mass is 15.0. The summed E-state index contributed by atoms with van der Waals surface area (Å²) in [6.45, 7) is 4.88. The molecule has 0 fully saturated rings. The molecule has 0 bridgehead atoms. The third-order valence-corrected chi connectivity index (χ3v) is 2.44. The minimum absolute atomic E-state index is 0.446. The zero-order valence-corrected chi connectivity index (χ0v) is 8.94. The maximum Gasteiger partial charge on any atom is 0.151 e. The Balaban J connectivity index is 2.50. The van der Waals surface area contributed by atoms with Gasteiger partial charge in [0.05, 0.1) is 6.54 Å². The lowest BCUT2D eigenvalue weighted by molar-refractivity contribution is 0.849. The molecule has 78 valence electrons. The fourth-order valence-corrected chi connectivity index (χ4v) is 1.50. The van der Waals surface area contributed by atoms with Crippen LogP contribution < -0.4 is 5.73 Å². The topological polar surface area (TPSA) is 63.6 Å². The van der Waals surface area contributed by atoms with Gasteiger partial charge in [0.2, 0.25) is 0 Å². The number of hydrogen-bond acceptors (Lipinski definition) is 4. The Labute approximate surface area is 89.0 Å². The molecule has 0 aliphatic carbocycles. The van der Waals surface area contributed by atoms with Crippen LogP contribution in [0.15, 0.2) is 22.2 Å². The lowest BCUT2D eigenvalue weighted by Gasteiger charge is -2.09. The number of amidine groups is 1. The number of nitrogens with zero attached hydrogens (tertiary/aromatic N) is 3. The van der Waals surface area contributed by atoms with Gasteiger partial charge in [0, 0.05) is 11.8 Å². The molecule has 0 radical (unpaired) electrons. The molecule has 2 heterocycles. The number of aliphatic imine (C=N–C) groups is 2. The fraction of sp³-hybridized carbons (Fsp3) is 0.364. The van der Waals surface area contributed by atoms with Crippen molar-refractivity contribution >= 4 is 12.2 Å². The number of fused-ring (bicyclic) bond motifs is 1. The van der Waals surface area contributed by atoms with Gasteiger partial charge in [-0.15, -0.1) is 0 Å². The molecule has 0 aromatic carbocycles. The Kier molecular flexibility index (Phi) is 2.49. The zero-order valence-electron chi connectivity index (χ0n) is 8.94. The van der Waals surface area contributed by atoms with Crippen molar-refractivity contribution in [2.75, 3.05) is 0 Å². The molecule has 4 nitrogen and oxygen atoms in total. The molecule has 0 atom stereocenters. The van der Waals surface area contributed by atoms with Crippen LogP contribution in [0, 0.1) is 0 Å². The highest BCUT2D eigenvalue weighted by Crippen LogP contribution is 2.18. The van der Waals surface area contributed by atoms with Crippen molar-refractivity contribution in [2.24, 2.45) is 15.7 Å². The molecule has 2 rings (SSSR count). The minimum Gasteiger partial charge on any atom is -0.382 e. The number of nitrogens with two attached hydrogens (primary N) is 1. The zero-order chi connectivity index (χ0) is 10.8. The van der Waals surface area contributed by atoms with Gasteiger partial charge in [-0.05, 0) is 17.5 Å². The molecule has 1 aromatic heterocycles. The standard InChI is InChI=1S/C11H14N4/c1-7(2)8-3-9-4-13-6-15-11(12)10(9)14-5-8/h3,5-7H,4H2,1-2H3,(H2,12,13,15). The van der Waals surface area contributed by atoms with E-state index in [9.17, 15) is 0 Å². The second-order valence-electron chi connectivity index (χ2n) is 3.90. The van der Waals surface area contributed by atoms with E-state index in [1.807, 2.05) is 6.20 Å². The van der Waals surface area contributed by atoms with Gasteiger partial charge in [-0.1, -0.05) is 13.8 Å². The van der Waals surface area contributed by atoms with Gasteiger partial charge >= 0.3 is 0 Å². The van der Waals surface area contributed by atoms with Crippen LogP contribution in [0.3, 0.4) is 0 Å². The second-order valence-corrected chi connectivity index (χ2v) is 3.90. The first-order valence-corrected chi connectivity index (χ1v) is 4.99. The van der Waals surface area contributed by atoms with Crippen molar-refractivity contribution in [3.05, 3.63) is 29.1 Å². The summed E-state index contributed by atoms with van der Waals surface area (Å²) in [5.74, 6) is 0.912. The largest absolute Gasteiger partial charge is 0.382 e. The summed E-state index contributed by atoms with van der Waals surface area (Å²) >= 11 is 0. The summed E-state index contributed by atoms with van der Waals surface area (Å²) in [5.41, 5.74) is 8.79. The predicted octanol–water partition coefficient (Wildman–Crippen LogP) is 1.45. The van der Waals surface area contributed by atoms with Crippen molar-refractivity contribution in [2.45, 2.75) is 26.3 Å². The van der Waals surface area contributed by atoms with Crippen LogP contribution in [0.1, 0.15) is 36.6 Å². The quantitative estimate of drug-likeness (QED) is 0.749. The molecule has 4 heteroatoms. The summed E-state index contributed by atoms with van der Waals surface area (Å²) in [4.78, 5) is 12.5. The van der Waals surface area contributed by atoms with E-state index < -0.39 is 0 Å². The first-order valence-electron chi connectivity index (χ1n) is 4.99. The second kappa shape index (κ2) is 3.81. The maximum absolute atomic E-state index is 5.77. The third-order valence-electron chi connectivity index (χ3n) is 2.44. The van der Waals surface area contributed by atoms with Gasteiger partial charge in [-0.25, -0.2) is 4.99 Å². The van der Waals surface area contributed by atoms with Crippen molar-refractivity contribution in [1.82, 2.24) is 4.98 Å². The summed E-state index contributed by atoms with van der Waals surface area (Å²) < 4.78 is 0. The predicted molar refractivity (Wildman–Crippen MR) is 61.2 cm³/mol. The maximum atomic E-state index is 5.77. The molecule has 0 amide bonds. The van der Waals surface area contributed by atoms with E-state index in [1.165, 1.54) is 11.9 Å². The Morgan fingerprint density at radius 2 is 2.20 bits per heavy atom. The number of aromatic nitrogens is 1. The number of rotatable bonds is 1. The van der Waals surface area contributed by atoms with Crippen molar-refractivity contribution < 1.29 is 0 Å². The van der Waals surface area contributed by atoms with E-state index in [2.05, 4.69) is 34.9 Å². The summed E-state index contributed by atoms with van der Waals surface area (Å²) in [6.07, 6.45) is 3.35. The first-order chi connectivity index (χ1) is 7.18. The van der Waals surface area contributed by atoms with Crippen LogP contribution in [0.5, 0.6) is 0 Å². The van der Waals surface area contributed by atoms with Crippen LogP contribution >= 0.6 is 0 Å². The van der Waals surface area contributed by atoms with Crippen LogP contribution in [0.2, 0.25) is 0 Å². The monoisotopic (exact) mass is 202 g/mol. The molecule has 15 heavy (non-hydrogen) atoms. The molecular weight excluding hydrogens is 188 g/mol. The summed E-state index contributed by atoms with van der Waals surface area (Å²) in [7, 11) is 0. The van der Waals surface area contributed by atoms with E-state index in [0.717, 1.165) is 11.3 Å². The molecule has 2 N–H and O–H groups in total. The average Bonchev–Trinajstić information content (AvgIpc) is 2.40. The highest BCUT2D eigenvalue weighted by Gasteiger charge is 2.11. The van der Waals surface area contributed by atoms with Crippen molar-refractivity contribution in [1.29, 1.82) is 0 Å². The Bertz CT molecular complexity index is 432. The van der Waals surface area contributed by atoms with Crippen LogP contribution in [0.25, 0.3) is 0 Å². The molecular formula is C11H14N4. The fourth-order valence-electron chi connectivity index (χ4n) is 1.50. The molecule has 0 saturated heterocycles. The molecule has 1 aliphatic heterocycles. The molecule has 1 aliphatic rings. The van der Waals surface area contributed by atoms with E-state index >= 15 is 0 Å². The van der Waals surface area contributed by atoms with Gasteiger partial charge in [-0.3, -0.25) is 9.98 Å². The normalized spacial score (nSPS) is 14.7. The van der Waals surface area contributed by atoms with E-state index in [0.29, 0.717) is 18.3 Å². The average molecular weight is 202 g/mol. The molecule has 0 unspecified atom stereocenters. The summed E-state index contributed by atoms with van der Waals surface area (Å²) in [6, 6.07) is 2.11. The lowest BCUT2D eigenvalue weighted by Crippen LogP contribution is -2.17. The van der Waals surface area contributed by atoms with Crippen LogP contribution in [0.4, 0.5) is 0 Å². The Morgan fingerprint density at radius 1 is 1.40 bits per heavy atom. The highest BCUT2D eigenvalue weighted by molar-refractivity contribution is 6.01. The molecule has 1 aromatic rings. The molecule has 0 saturated carbocycles. The van der Waals surface area contributed by atoms with Crippen molar-refractivity contribution in [3.63, 3.8) is 0 Å². The Hall–Kier alpha value is -1.71. The van der Waals surface area contributed by atoms with E-state index in [4.69, 9.17) is 5.73 Å². The van der Waals surface area contributed by atoms with Gasteiger partial charge in [-0.2, -0.15) is 0 Å². The van der Waals surface area contributed by atoms with E-state index in [1.54, 1.807) is 0 Å². The Morgan fingerprint density at radius 3 is 2.93 bits per heavy atom. The van der Waals surface area contributed by atoms with Crippen molar-refractivity contribution in [3.8, 4) is 0 Å². The molecule has 0 spiro atoms. The first kappa shape index (κ1) is 9.83. The van der Waals surface area contributed by atoms with Gasteiger partial charge in [0.15, 0.2) is 5.84 Å². The van der Waals surface area contributed by atoms with E-state index in [-0.39, 0.29) is 0 Å². The number of pyridine rings is 1. The van der Waals surface area contributed by atoms with Gasteiger partial charge in [0.1, 0.15) is 12.0 Å². The SMILES string of the molecule is CC(C)c1cnc2c(c1)CN=CN=C2N.